The maximum atomic E-state index is 12.2. The number of rotatable bonds is 6. The van der Waals surface area contributed by atoms with E-state index in [0.717, 1.165) is 4.57 Å². The van der Waals surface area contributed by atoms with Gasteiger partial charge in [-0.1, -0.05) is 0 Å². The smallest absolute Gasteiger partial charge is 0.331 e. The summed E-state index contributed by atoms with van der Waals surface area (Å²) in [5.74, 6) is 0. The maximum absolute atomic E-state index is 12.2. The van der Waals surface area contributed by atoms with E-state index in [4.69, 9.17) is 24.4 Å². The minimum absolute atomic E-state index is 0.0110. The third-order valence-corrected chi connectivity index (χ3v) is 3.24. The second-order valence-electron chi connectivity index (χ2n) is 4.20. The molecular formula is C12H18N8O2S2. The van der Waals surface area contributed by atoms with Gasteiger partial charge in [0.05, 0.1) is 13.1 Å². The third-order valence-electron chi connectivity index (χ3n) is 2.65. The van der Waals surface area contributed by atoms with Crippen molar-refractivity contribution in [3.8, 4) is 0 Å². The Labute approximate surface area is 148 Å². The van der Waals surface area contributed by atoms with Crippen LogP contribution in [0.15, 0.2) is 32.1 Å². The SMILES string of the molecule is CNC(=S)NN=CCn1ccc(=O)n(CC=NNC(=S)NC)c1=O. The summed E-state index contributed by atoms with van der Waals surface area (Å²) in [6.07, 6.45) is 4.23. The lowest BCUT2D eigenvalue weighted by molar-refractivity contribution is 0.649. The second-order valence-corrected chi connectivity index (χ2v) is 5.02. The largest absolute Gasteiger partial charge is 0.364 e. The third kappa shape index (κ3) is 6.26. The fourth-order valence-electron chi connectivity index (χ4n) is 1.44. The summed E-state index contributed by atoms with van der Waals surface area (Å²) in [6, 6.07) is 1.29. The van der Waals surface area contributed by atoms with Crippen LogP contribution >= 0.6 is 24.4 Å². The molecule has 0 unspecified atom stereocenters. The number of hydrogen-bond donors (Lipinski definition) is 4. The van der Waals surface area contributed by atoms with Gasteiger partial charge in [-0.3, -0.25) is 24.8 Å². The van der Waals surface area contributed by atoms with E-state index >= 15 is 0 Å². The predicted molar refractivity (Wildman–Crippen MR) is 102 cm³/mol. The summed E-state index contributed by atoms with van der Waals surface area (Å²) >= 11 is 9.69. The topological polar surface area (TPSA) is 117 Å². The van der Waals surface area contributed by atoms with Crippen molar-refractivity contribution in [1.29, 1.82) is 0 Å². The van der Waals surface area contributed by atoms with E-state index in [1.807, 2.05) is 0 Å². The van der Waals surface area contributed by atoms with Crippen molar-refractivity contribution >= 4 is 47.1 Å². The Balaban J connectivity index is 2.77. The van der Waals surface area contributed by atoms with Crippen molar-refractivity contribution in [3.05, 3.63) is 33.1 Å². The molecule has 0 saturated carbocycles. The van der Waals surface area contributed by atoms with E-state index in [2.05, 4.69) is 31.7 Å². The van der Waals surface area contributed by atoms with Crippen molar-refractivity contribution in [2.24, 2.45) is 10.2 Å². The fraction of sp³-hybridized carbons (Fsp3) is 0.333. The molecular weight excluding hydrogens is 352 g/mol. The van der Waals surface area contributed by atoms with Crippen LogP contribution in [0.4, 0.5) is 0 Å². The van der Waals surface area contributed by atoms with Gasteiger partial charge in [0, 0.05) is 38.8 Å². The van der Waals surface area contributed by atoms with Crippen LogP contribution in [0.3, 0.4) is 0 Å². The molecule has 0 atom stereocenters. The van der Waals surface area contributed by atoms with Crippen LogP contribution in [-0.4, -0.2) is 45.9 Å². The number of nitrogens with one attached hydrogen (secondary N) is 4. The van der Waals surface area contributed by atoms with Crippen molar-refractivity contribution in [2.45, 2.75) is 13.1 Å². The number of thiocarbonyl (C=S) groups is 2. The summed E-state index contributed by atoms with van der Waals surface area (Å²) in [5.41, 5.74) is 4.19. The molecule has 1 aromatic rings. The molecule has 1 heterocycles. The Morgan fingerprint density at radius 1 is 1.08 bits per heavy atom. The van der Waals surface area contributed by atoms with Crippen LogP contribution in [-0.2, 0) is 13.1 Å². The average Bonchev–Trinajstić information content (AvgIpc) is 2.58. The van der Waals surface area contributed by atoms with Gasteiger partial charge in [-0.05, 0) is 24.4 Å². The van der Waals surface area contributed by atoms with Crippen molar-refractivity contribution in [1.82, 2.24) is 30.6 Å². The molecule has 0 bridgehead atoms. The van der Waals surface area contributed by atoms with Crippen molar-refractivity contribution < 1.29 is 0 Å². The molecule has 0 aliphatic rings. The maximum Gasteiger partial charge on any atom is 0.331 e. The lowest BCUT2D eigenvalue weighted by atomic mass is 10.5. The average molecular weight is 370 g/mol. The first-order valence-corrected chi connectivity index (χ1v) is 7.60. The molecule has 0 aliphatic heterocycles. The van der Waals surface area contributed by atoms with Gasteiger partial charge >= 0.3 is 5.69 Å². The van der Waals surface area contributed by atoms with Gasteiger partial charge in [-0.15, -0.1) is 0 Å². The van der Waals surface area contributed by atoms with Gasteiger partial charge in [0.2, 0.25) is 0 Å². The highest BCUT2D eigenvalue weighted by Gasteiger charge is 2.03. The van der Waals surface area contributed by atoms with Crippen LogP contribution in [0.1, 0.15) is 0 Å². The predicted octanol–water partition coefficient (Wildman–Crippen LogP) is -1.83. The lowest BCUT2D eigenvalue weighted by Gasteiger charge is -2.06. The van der Waals surface area contributed by atoms with Crippen LogP contribution in [0, 0.1) is 0 Å². The standard InChI is InChI=1S/C12H18N8O2S2/c1-13-10(23)17-15-4-7-19-6-3-9(21)20(12(19)22)8-5-16-18-11(24)14-2/h3-6H,7-8H2,1-2H3,(H2,13,17,23)(H2,14,18,24). The molecule has 0 aliphatic carbocycles. The Morgan fingerprint density at radius 3 is 2.17 bits per heavy atom. The Hall–Kier alpha value is -2.60. The molecule has 130 valence electrons. The van der Waals surface area contributed by atoms with Gasteiger partial charge in [0.1, 0.15) is 0 Å². The minimum atomic E-state index is -0.479. The monoisotopic (exact) mass is 370 g/mol. The minimum Gasteiger partial charge on any atom is -0.364 e. The first-order valence-electron chi connectivity index (χ1n) is 6.78. The quantitative estimate of drug-likeness (QED) is 0.262. The first-order chi connectivity index (χ1) is 11.5. The summed E-state index contributed by atoms with van der Waals surface area (Å²) in [7, 11) is 3.30. The normalized spacial score (nSPS) is 10.8. The number of hydrazone groups is 2. The second kappa shape index (κ2) is 10.2. The molecule has 0 radical (unpaired) electrons. The highest BCUT2D eigenvalue weighted by molar-refractivity contribution is 7.80. The van der Waals surface area contributed by atoms with Crippen LogP contribution in [0.2, 0.25) is 0 Å². The molecule has 12 heteroatoms. The first kappa shape index (κ1) is 19.4. The van der Waals surface area contributed by atoms with E-state index in [1.165, 1.54) is 29.3 Å². The molecule has 1 aromatic heterocycles. The van der Waals surface area contributed by atoms with Gasteiger partial charge in [0.15, 0.2) is 10.2 Å². The molecule has 4 N–H and O–H groups in total. The van der Waals surface area contributed by atoms with Crippen molar-refractivity contribution in [3.63, 3.8) is 0 Å². The molecule has 0 amide bonds. The molecule has 10 nitrogen and oxygen atoms in total. The van der Waals surface area contributed by atoms with E-state index < -0.39 is 11.2 Å². The van der Waals surface area contributed by atoms with E-state index in [-0.39, 0.29) is 13.1 Å². The van der Waals surface area contributed by atoms with Gasteiger partial charge in [-0.25, -0.2) is 4.79 Å². The zero-order chi connectivity index (χ0) is 17.9. The number of aromatic nitrogens is 2. The van der Waals surface area contributed by atoms with Gasteiger partial charge in [-0.2, -0.15) is 10.2 Å². The number of hydrogen-bond acceptors (Lipinski definition) is 6. The Bertz CT molecular complexity index is 752. The van der Waals surface area contributed by atoms with Gasteiger partial charge in [0.25, 0.3) is 5.56 Å². The Kier molecular flexibility index (Phi) is 8.29. The summed E-state index contributed by atoms with van der Waals surface area (Å²) in [6.45, 7) is 0.189. The van der Waals surface area contributed by atoms with E-state index in [0.29, 0.717) is 10.2 Å². The highest BCUT2D eigenvalue weighted by Crippen LogP contribution is 1.78. The number of nitrogens with zero attached hydrogens (tertiary/aromatic N) is 4. The van der Waals surface area contributed by atoms with Crippen LogP contribution < -0.4 is 32.7 Å². The fourth-order valence-corrected chi connectivity index (χ4v) is 1.54. The summed E-state index contributed by atoms with van der Waals surface area (Å²) < 4.78 is 2.36. The van der Waals surface area contributed by atoms with Crippen LogP contribution in [0.5, 0.6) is 0 Å². The molecule has 0 saturated heterocycles. The van der Waals surface area contributed by atoms with E-state index in [1.54, 1.807) is 14.1 Å². The molecule has 24 heavy (non-hydrogen) atoms. The molecule has 0 aromatic carbocycles. The van der Waals surface area contributed by atoms with Crippen molar-refractivity contribution in [2.75, 3.05) is 14.1 Å². The Morgan fingerprint density at radius 2 is 1.62 bits per heavy atom. The zero-order valence-electron chi connectivity index (χ0n) is 13.1. The summed E-state index contributed by atoms with van der Waals surface area (Å²) in [5, 5.41) is 13.7. The lowest BCUT2D eigenvalue weighted by Crippen LogP contribution is -2.40. The zero-order valence-corrected chi connectivity index (χ0v) is 14.8. The molecule has 1 rings (SSSR count). The molecule has 0 fully saturated rings. The summed E-state index contributed by atoms with van der Waals surface area (Å²) in [4.78, 5) is 24.0. The van der Waals surface area contributed by atoms with Gasteiger partial charge < -0.3 is 10.6 Å². The highest BCUT2D eigenvalue weighted by atomic mass is 32.1. The van der Waals surface area contributed by atoms with E-state index in [9.17, 15) is 9.59 Å². The van der Waals surface area contributed by atoms with Crippen LogP contribution in [0.25, 0.3) is 0 Å². The molecule has 0 spiro atoms.